The molecule has 48 heavy (non-hydrogen) atoms. The maximum atomic E-state index is 13.9. The molecule has 4 aromatic carbocycles. The summed E-state index contributed by atoms with van der Waals surface area (Å²) < 4.78 is 17.6. The van der Waals surface area contributed by atoms with E-state index in [1.807, 2.05) is 84.9 Å². The fraction of sp³-hybridized carbons (Fsp3) is 0.350. The van der Waals surface area contributed by atoms with Gasteiger partial charge in [0.25, 0.3) is 0 Å². The number of carbonyl (C=O) groups excluding carboxylic acids is 2. The van der Waals surface area contributed by atoms with Crippen molar-refractivity contribution in [3.05, 3.63) is 125 Å². The molecule has 0 saturated carbocycles. The van der Waals surface area contributed by atoms with Crippen molar-refractivity contribution in [3.8, 4) is 11.5 Å². The van der Waals surface area contributed by atoms with Crippen molar-refractivity contribution in [3.63, 3.8) is 0 Å². The van der Waals surface area contributed by atoms with E-state index in [1.165, 1.54) is 0 Å². The Morgan fingerprint density at radius 3 is 2.10 bits per heavy atom. The van der Waals surface area contributed by atoms with Gasteiger partial charge in [-0.2, -0.15) is 0 Å². The van der Waals surface area contributed by atoms with E-state index in [0.29, 0.717) is 56.3 Å². The van der Waals surface area contributed by atoms with Gasteiger partial charge in [0.2, 0.25) is 5.91 Å². The maximum Gasteiger partial charge on any atom is 0.338 e. The van der Waals surface area contributed by atoms with Gasteiger partial charge in [-0.15, -0.1) is 0 Å². The average Bonchev–Trinajstić information content (AvgIpc) is 3.13. The molecule has 4 aromatic rings. The molecule has 8 nitrogen and oxygen atoms in total. The number of anilines is 1. The minimum atomic E-state index is -0.547. The molecule has 0 fully saturated rings. The van der Waals surface area contributed by atoms with E-state index in [4.69, 9.17) is 14.2 Å². The van der Waals surface area contributed by atoms with Crippen molar-refractivity contribution in [2.75, 3.05) is 38.2 Å². The smallest absolute Gasteiger partial charge is 0.338 e. The van der Waals surface area contributed by atoms with Gasteiger partial charge in [-0.25, -0.2) is 4.79 Å². The molecule has 0 aliphatic rings. The number of hydrogen-bond donors (Lipinski definition) is 2. The molecule has 0 saturated heterocycles. The molecule has 254 valence electrons. The van der Waals surface area contributed by atoms with Crippen molar-refractivity contribution in [1.29, 1.82) is 0 Å². The van der Waals surface area contributed by atoms with Crippen molar-refractivity contribution in [2.24, 2.45) is 0 Å². The summed E-state index contributed by atoms with van der Waals surface area (Å²) in [6, 6.07) is 32.4. The lowest BCUT2D eigenvalue weighted by atomic mass is 10.0. The summed E-state index contributed by atoms with van der Waals surface area (Å²) in [5.74, 6) is 0.585. The molecule has 0 heterocycles. The lowest BCUT2D eigenvalue weighted by Crippen LogP contribution is -2.42. The van der Waals surface area contributed by atoms with Crippen molar-refractivity contribution < 1.29 is 23.8 Å². The van der Waals surface area contributed by atoms with Gasteiger partial charge < -0.3 is 29.7 Å². The van der Waals surface area contributed by atoms with E-state index in [0.717, 1.165) is 48.4 Å². The molecule has 0 spiro atoms. The Morgan fingerprint density at radius 2 is 1.44 bits per heavy atom. The molecule has 0 radical (unpaired) electrons. The molecule has 1 atom stereocenters. The highest BCUT2D eigenvalue weighted by atomic mass is 16.5. The number of benzene rings is 4. The number of ether oxygens (including phenoxy) is 3. The van der Waals surface area contributed by atoms with Crippen molar-refractivity contribution in [1.82, 2.24) is 10.2 Å². The summed E-state index contributed by atoms with van der Waals surface area (Å²) in [5, 5.41) is 6.52. The Hall–Kier alpha value is -4.66. The minimum Gasteiger partial charge on any atom is -0.491 e. The predicted molar refractivity (Wildman–Crippen MR) is 192 cm³/mol. The number of nitrogens with one attached hydrogen (secondary N) is 2. The van der Waals surface area contributed by atoms with E-state index in [2.05, 4.69) is 36.3 Å². The first-order valence-electron chi connectivity index (χ1n) is 17.0. The van der Waals surface area contributed by atoms with Gasteiger partial charge in [-0.05, 0) is 73.0 Å². The molecule has 0 unspecified atom stereocenters. The minimum absolute atomic E-state index is 0.203. The van der Waals surface area contributed by atoms with Crippen LogP contribution >= 0.6 is 0 Å². The Morgan fingerprint density at radius 1 is 0.750 bits per heavy atom. The molecule has 0 bridgehead atoms. The first-order chi connectivity index (χ1) is 23.5. The molecular weight excluding hydrogens is 602 g/mol. The molecule has 0 aliphatic heterocycles. The average molecular weight is 652 g/mol. The lowest BCUT2D eigenvalue weighted by molar-refractivity contribution is -0.118. The van der Waals surface area contributed by atoms with Gasteiger partial charge in [-0.1, -0.05) is 100.0 Å². The topological polar surface area (TPSA) is 89.1 Å². The van der Waals surface area contributed by atoms with Gasteiger partial charge in [0, 0.05) is 13.1 Å². The zero-order valence-corrected chi connectivity index (χ0v) is 28.5. The van der Waals surface area contributed by atoms with E-state index in [1.54, 1.807) is 18.2 Å². The zero-order chi connectivity index (χ0) is 34.0. The van der Waals surface area contributed by atoms with Crippen molar-refractivity contribution >= 4 is 17.6 Å². The van der Waals surface area contributed by atoms with Gasteiger partial charge in [-0.3, -0.25) is 4.79 Å². The normalized spacial score (nSPS) is 11.6. The summed E-state index contributed by atoms with van der Waals surface area (Å²) in [6.45, 7) is 10.5. The number of esters is 1. The van der Waals surface area contributed by atoms with Crippen molar-refractivity contribution in [2.45, 2.75) is 59.2 Å². The quantitative estimate of drug-likeness (QED) is 0.0767. The van der Waals surface area contributed by atoms with Crippen LogP contribution in [0.1, 0.15) is 60.7 Å². The van der Waals surface area contributed by atoms with Crippen LogP contribution in [0.5, 0.6) is 11.5 Å². The third-order valence-electron chi connectivity index (χ3n) is 8.09. The molecule has 2 N–H and O–H groups in total. The fourth-order valence-corrected chi connectivity index (χ4v) is 5.10. The molecular formula is C40H49N3O5. The first kappa shape index (κ1) is 36.2. The van der Waals surface area contributed by atoms with Crippen LogP contribution in [0.4, 0.5) is 5.69 Å². The van der Waals surface area contributed by atoms with E-state index in [9.17, 15) is 9.59 Å². The van der Waals surface area contributed by atoms with Crippen LogP contribution in [-0.2, 0) is 29.1 Å². The Labute approximate surface area is 285 Å². The zero-order valence-electron chi connectivity index (χ0n) is 28.5. The second kappa shape index (κ2) is 19.9. The Kier molecular flexibility index (Phi) is 15.0. The van der Waals surface area contributed by atoms with Gasteiger partial charge in [0.15, 0.2) is 0 Å². The number of amides is 1. The van der Waals surface area contributed by atoms with E-state index in [-0.39, 0.29) is 5.91 Å². The molecule has 0 aromatic heterocycles. The number of rotatable bonds is 20. The number of hydrogen-bond acceptors (Lipinski definition) is 7. The largest absolute Gasteiger partial charge is 0.491 e. The van der Waals surface area contributed by atoms with Crippen LogP contribution in [-0.4, -0.2) is 55.7 Å². The van der Waals surface area contributed by atoms with Gasteiger partial charge in [0.05, 0.1) is 23.9 Å². The Balaban J connectivity index is 1.47. The monoisotopic (exact) mass is 651 g/mol. The second-order valence-electron chi connectivity index (χ2n) is 11.6. The first-order valence-corrected chi connectivity index (χ1v) is 17.0. The fourth-order valence-electron chi connectivity index (χ4n) is 5.10. The number of unbranched alkanes of at least 4 members (excludes halogenated alkanes) is 1. The third kappa shape index (κ3) is 11.9. The predicted octanol–water partition coefficient (Wildman–Crippen LogP) is 7.28. The second-order valence-corrected chi connectivity index (χ2v) is 11.6. The van der Waals surface area contributed by atoms with Crippen LogP contribution in [0, 0.1) is 0 Å². The van der Waals surface area contributed by atoms with Crippen LogP contribution in [0.15, 0.2) is 103 Å². The highest BCUT2D eigenvalue weighted by Crippen LogP contribution is 2.27. The number of likely N-dealkylation sites (N-methyl/N-ethyl adjacent to an activating group) is 1. The van der Waals surface area contributed by atoms with Crippen LogP contribution in [0.2, 0.25) is 0 Å². The van der Waals surface area contributed by atoms with E-state index < -0.39 is 12.0 Å². The summed E-state index contributed by atoms with van der Waals surface area (Å²) in [4.78, 5) is 29.0. The summed E-state index contributed by atoms with van der Waals surface area (Å²) in [6.07, 6.45) is 2.26. The van der Waals surface area contributed by atoms with Crippen LogP contribution < -0.4 is 20.1 Å². The summed E-state index contributed by atoms with van der Waals surface area (Å²) >= 11 is 0. The SMILES string of the molecule is CCCCOc1cc(C(=O)OCCN(CC)CC)ccc1NC(=O)[C@@H](Cc1ccc(OCc2ccccc2)cc1)NCc1ccccc1. The molecule has 8 heteroatoms. The van der Waals surface area contributed by atoms with E-state index >= 15 is 0 Å². The van der Waals surface area contributed by atoms with Crippen LogP contribution in [0.25, 0.3) is 0 Å². The highest BCUT2D eigenvalue weighted by molar-refractivity contribution is 5.97. The number of nitrogens with zero attached hydrogens (tertiary/aromatic N) is 1. The molecule has 4 rings (SSSR count). The maximum absolute atomic E-state index is 13.9. The standard InChI is InChI=1S/C40H49N3O5/c1-4-7-25-46-38-28-34(40(45)47-26-24-43(5-2)6-3)20-23-36(38)42-39(44)37(41-29-32-14-10-8-11-15-32)27-31-18-21-35(22-19-31)48-30-33-16-12-9-13-17-33/h8-23,28,37,41H,4-7,24-27,29-30H2,1-3H3,(H,42,44)/t37-/m1/s1. The number of carbonyl (C=O) groups is 2. The Bertz CT molecular complexity index is 1530. The van der Waals surface area contributed by atoms with Crippen LogP contribution in [0.3, 0.4) is 0 Å². The highest BCUT2D eigenvalue weighted by Gasteiger charge is 2.21. The van der Waals surface area contributed by atoms with Gasteiger partial charge >= 0.3 is 5.97 Å². The molecule has 1 amide bonds. The molecule has 0 aliphatic carbocycles. The lowest BCUT2D eigenvalue weighted by Gasteiger charge is -2.21. The summed E-state index contributed by atoms with van der Waals surface area (Å²) in [5.41, 5.74) is 4.05. The van der Waals surface area contributed by atoms with Gasteiger partial charge in [0.1, 0.15) is 24.7 Å². The summed E-state index contributed by atoms with van der Waals surface area (Å²) in [7, 11) is 0. The third-order valence-corrected chi connectivity index (χ3v) is 8.09.